The maximum Gasteiger partial charge on any atom is 0.292 e. The standard InChI is InChI=1S/C21H21F3N4O3/c1-9(2)26-21(29)11-4-6-16(28(30)31)19-10(11)3-5-15(27-19)13-8-25-20-12(13)7-14(22)17(23)18(20)24/h4,6-7,9,13,15,25,27H,3,5,8H2,1-2H3,(H,26,29). The summed E-state index contributed by atoms with van der Waals surface area (Å²) in [5, 5.41) is 20.3. The average Bonchev–Trinajstić information content (AvgIpc) is 3.13. The number of fused-ring (bicyclic) bond motifs is 2. The lowest BCUT2D eigenvalue weighted by Gasteiger charge is -2.32. The molecule has 0 bridgehead atoms. The Morgan fingerprint density at radius 1 is 1.23 bits per heavy atom. The Kier molecular flexibility index (Phi) is 5.24. The molecule has 0 radical (unpaired) electrons. The van der Waals surface area contributed by atoms with Gasteiger partial charge in [-0.05, 0) is 49.9 Å². The predicted molar refractivity (Wildman–Crippen MR) is 109 cm³/mol. The zero-order chi connectivity index (χ0) is 22.4. The number of anilines is 2. The number of hydrogen-bond acceptors (Lipinski definition) is 5. The van der Waals surface area contributed by atoms with E-state index in [0.717, 1.165) is 6.07 Å². The molecule has 4 rings (SSSR count). The van der Waals surface area contributed by atoms with Crippen LogP contribution in [0.4, 0.5) is 30.2 Å². The maximum atomic E-state index is 14.1. The van der Waals surface area contributed by atoms with Crippen molar-refractivity contribution in [2.24, 2.45) is 0 Å². The van der Waals surface area contributed by atoms with Gasteiger partial charge in [-0.25, -0.2) is 13.2 Å². The van der Waals surface area contributed by atoms with Gasteiger partial charge in [-0.2, -0.15) is 0 Å². The number of halogens is 3. The molecule has 2 aliphatic heterocycles. The van der Waals surface area contributed by atoms with Gasteiger partial charge >= 0.3 is 0 Å². The lowest BCUT2D eigenvalue weighted by atomic mass is 9.84. The monoisotopic (exact) mass is 434 g/mol. The molecule has 3 N–H and O–H groups in total. The number of carbonyl (C=O) groups excluding carboxylic acids is 1. The van der Waals surface area contributed by atoms with Crippen molar-refractivity contribution in [1.29, 1.82) is 0 Å². The summed E-state index contributed by atoms with van der Waals surface area (Å²) in [5.74, 6) is -4.84. The number of hydrogen-bond donors (Lipinski definition) is 3. The van der Waals surface area contributed by atoms with Gasteiger partial charge in [0, 0.05) is 36.2 Å². The molecule has 2 unspecified atom stereocenters. The van der Waals surface area contributed by atoms with Crippen molar-refractivity contribution in [3.63, 3.8) is 0 Å². The molecule has 0 saturated heterocycles. The van der Waals surface area contributed by atoms with Crippen molar-refractivity contribution in [1.82, 2.24) is 5.32 Å². The highest BCUT2D eigenvalue weighted by molar-refractivity contribution is 5.98. The minimum absolute atomic E-state index is 0.0870. The topological polar surface area (TPSA) is 96.3 Å². The minimum Gasteiger partial charge on any atom is -0.382 e. The first-order valence-electron chi connectivity index (χ1n) is 9.98. The second-order valence-electron chi connectivity index (χ2n) is 8.10. The maximum absolute atomic E-state index is 14.1. The van der Waals surface area contributed by atoms with E-state index in [1.807, 2.05) is 13.8 Å². The zero-order valence-corrected chi connectivity index (χ0v) is 16.9. The molecule has 2 atom stereocenters. The third-order valence-corrected chi connectivity index (χ3v) is 5.76. The second kappa shape index (κ2) is 7.75. The van der Waals surface area contributed by atoms with E-state index in [0.29, 0.717) is 24.0 Å². The van der Waals surface area contributed by atoms with Crippen molar-refractivity contribution in [2.45, 2.75) is 44.7 Å². The zero-order valence-electron chi connectivity index (χ0n) is 16.9. The summed E-state index contributed by atoms with van der Waals surface area (Å²) in [7, 11) is 0. The van der Waals surface area contributed by atoms with Crippen molar-refractivity contribution < 1.29 is 22.9 Å². The lowest BCUT2D eigenvalue weighted by molar-refractivity contribution is -0.384. The fourth-order valence-electron chi connectivity index (χ4n) is 4.39. The van der Waals surface area contributed by atoms with Crippen LogP contribution in [0, 0.1) is 27.6 Å². The van der Waals surface area contributed by atoms with E-state index in [1.54, 1.807) is 0 Å². The van der Waals surface area contributed by atoms with Gasteiger partial charge in [0.25, 0.3) is 11.6 Å². The van der Waals surface area contributed by atoms with Crippen molar-refractivity contribution in [3.8, 4) is 0 Å². The number of carbonyl (C=O) groups is 1. The van der Waals surface area contributed by atoms with Crippen LogP contribution in [0.15, 0.2) is 18.2 Å². The number of nitro benzene ring substituents is 1. The largest absolute Gasteiger partial charge is 0.382 e. The number of rotatable bonds is 4. The first kappa shape index (κ1) is 21.0. The summed E-state index contributed by atoms with van der Waals surface area (Å²) in [6.07, 6.45) is 0.843. The molecule has 7 nitrogen and oxygen atoms in total. The predicted octanol–water partition coefficient (Wildman–Crippen LogP) is 4.09. The van der Waals surface area contributed by atoms with Gasteiger partial charge in [0.2, 0.25) is 0 Å². The number of nitrogens with zero attached hydrogens (tertiary/aromatic N) is 1. The van der Waals surface area contributed by atoms with E-state index < -0.39 is 34.3 Å². The van der Waals surface area contributed by atoms with Gasteiger partial charge in [-0.1, -0.05) is 0 Å². The van der Waals surface area contributed by atoms with E-state index in [4.69, 9.17) is 0 Å². The van der Waals surface area contributed by atoms with Gasteiger partial charge in [0.05, 0.1) is 10.6 Å². The molecule has 31 heavy (non-hydrogen) atoms. The Labute approximate surface area is 176 Å². The Morgan fingerprint density at radius 3 is 2.65 bits per heavy atom. The normalized spacial score (nSPS) is 19.3. The third-order valence-electron chi connectivity index (χ3n) is 5.76. The molecule has 0 aliphatic carbocycles. The van der Waals surface area contributed by atoms with E-state index in [1.165, 1.54) is 12.1 Å². The molecule has 0 saturated carbocycles. The molecule has 10 heteroatoms. The first-order valence-corrected chi connectivity index (χ1v) is 9.98. The summed E-state index contributed by atoms with van der Waals surface area (Å²) in [4.78, 5) is 23.6. The quantitative estimate of drug-likeness (QED) is 0.383. The highest BCUT2D eigenvalue weighted by Gasteiger charge is 2.38. The summed E-state index contributed by atoms with van der Waals surface area (Å²) < 4.78 is 41.5. The molecular weight excluding hydrogens is 413 g/mol. The van der Waals surface area contributed by atoms with E-state index in [2.05, 4.69) is 16.0 Å². The highest BCUT2D eigenvalue weighted by Crippen LogP contribution is 2.43. The molecule has 1 amide bonds. The van der Waals surface area contributed by atoms with E-state index >= 15 is 0 Å². The first-order chi connectivity index (χ1) is 14.7. The number of benzene rings is 2. The van der Waals surface area contributed by atoms with Gasteiger partial charge in [-0.15, -0.1) is 0 Å². The van der Waals surface area contributed by atoms with Gasteiger partial charge in [0.1, 0.15) is 5.69 Å². The molecule has 2 aliphatic rings. The van der Waals surface area contributed by atoms with Crippen LogP contribution in [0.1, 0.15) is 47.7 Å². The SMILES string of the molecule is CC(C)NC(=O)c1ccc([N+](=O)[O-])c2c1CCC(C1CNc3c1cc(F)c(F)c3F)N2. The molecule has 0 spiro atoms. The highest BCUT2D eigenvalue weighted by atomic mass is 19.2. The van der Waals surface area contributed by atoms with Crippen LogP contribution in [-0.2, 0) is 6.42 Å². The fraction of sp³-hybridized carbons (Fsp3) is 0.381. The summed E-state index contributed by atoms with van der Waals surface area (Å²) in [5.41, 5.74) is 1.14. The van der Waals surface area contributed by atoms with Crippen LogP contribution in [0.5, 0.6) is 0 Å². The number of amides is 1. The minimum atomic E-state index is -1.54. The van der Waals surface area contributed by atoms with Crippen molar-refractivity contribution in [2.75, 3.05) is 17.2 Å². The van der Waals surface area contributed by atoms with Gasteiger partial charge in [-0.3, -0.25) is 14.9 Å². The van der Waals surface area contributed by atoms with Crippen molar-refractivity contribution >= 4 is 23.0 Å². The Balaban J connectivity index is 1.71. The lowest BCUT2D eigenvalue weighted by Crippen LogP contribution is -2.35. The van der Waals surface area contributed by atoms with Crippen LogP contribution in [-0.4, -0.2) is 29.5 Å². The fourth-order valence-corrected chi connectivity index (χ4v) is 4.39. The number of nitrogens with one attached hydrogen (secondary N) is 3. The molecule has 164 valence electrons. The van der Waals surface area contributed by atoms with Crippen LogP contribution >= 0.6 is 0 Å². The molecular formula is C21H21F3N4O3. The van der Waals surface area contributed by atoms with Crippen LogP contribution in [0.3, 0.4) is 0 Å². The summed E-state index contributed by atoms with van der Waals surface area (Å²) in [6, 6.07) is 3.19. The Hall–Kier alpha value is -3.30. The average molecular weight is 434 g/mol. The second-order valence-corrected chi connectivity index (χ2v) is 8.10. The van der Waals surface area contributed by atoms with Crippen LogP contribution < -0.4 is 16.0 Å². The number of nitro groups is 1. The van der Waals surface area contributed by atoms with Crippen LogP contribution in [0.25, 0.3) is 0 Å². The summed E-state index contributed by atoms with van der Waals surface area (Å²) in [6.45, 7) is 3.86. The molecule has 2 heterocycles. The molecule has 0 aromatic heterocycles. The molecule has 2 aromatic rings. The van der Waals surface area contributed by atoms with E-state index in [-0.39, 0.29) is 41.1 Å². The van der Waals surface area contributed by atoms with Crippen molar-refractivity contribution in [3.05, 3.63) is 62.5 Å². The van der Waals surface area contributed by atoms with Gasteiger partial charge < -0.3 is 16.0 Å². The molecule has 2 aromatic carbocycles. The van der Waals surface area contributed by atoms with Gasteiger partial charge in [0.15, 0.2) is 17.5 Å². The summed E-state index contributed by atoms with van der Waals surface area (Å²) >= 11 is 0. The third kappa shape index (κ3) is 3.55. The van der Waals surface area contributed by atoms with Crippen LogP contribution in [0.2, 0.25) is 0 Å². The smallest absolute Gasteiger partial charge is 0.292 e. The molecule has 0 fully saturated rings. The van der Waals surface area contributed by atoms with E-state index in [9.17, 15) is 28.1 Å². The Bertz CT molecular complexity index is 1090. The Morgan fingerprint density at radius 2 is 1.97 bits per heavy atom.